The fourth-order valence-electron chi connectivity index (χ4n) is 4.99. The molecule has 10 nitrogen and oxygen atoms in total. The van der Waals surface area contributed by atoms with Crippen molar-refractivity contribution in [3.63, 3.8) is 0 Å². The summed E-state index contributed by atoms with van der Waals surface area (Å²) in [5.41, 5.74) is 1.88. The molecule has 0 bridgehead atoms. The molecule has 0 spiro atoms. The SMILES string of the molecule is COc1ccc(-c2cc(C(F)(F)F)n(-c3ccc(NC(=O)c4cccc(-c5ccc(C(=O)N6CCCC6)cc5)c4)nn3)n2)cn1. The van der Waals surface area contributed by atoms with Crippen molar-refractivity contribution in [1.82, 2.24) is 29.9 Å². The number of carbonyl (C=O) groups excluding carboxylic acids is 2. The minimum Gasteiger partial charge on any atom is -0.481 e. The van der Waals surface area contributed by atoms with Crippen molar-refractivity contribution in [2.45, 2.75) is 19.0 Å². The molecule has 2 amide bonds. The number of hydrogen-bond acceptors (Lipinski definition) is 7. The van der Waals surface area contributed by atoms with Crippen molar-refractivity contribution in [2.24, 2.45) is 0 Å². The number of hydrogen-bond donors (Lipinski definition) is 1. The Morgan fingerprint density at radius 2 is 1.60 bits per heavy atom. The zero-order chi connectivity index (χ0) is 31.6. The largest absolute Gasteiger partial charge is 0.481 e. The van der Waals surface area contributed by atoms with Crippen LogP contribution in [0.25, 0.3) is 28.2 Å². The van der Waals surface area contributed by atoms with Crippen LogP contribution in [0.5, 0.6) is 5.88 Å². The first-order valence-corrected chi connectivity index (χ1v) is 14.0. The minimum atomic E-state index is -4.73. The third kappa shape index (κ3) is 6.37. The topological polar surface area (TPSA) is 115 Å². The molecule has 228 valence electrons. The molecule has 45 heavy (non-hydrogen) atoms. The van der Waals surface area contributed by atoms with E-state index < -0.39 is 17.8 Å². The molecule has 1 aliphatic rings. The van der Waals surface area contributed by atoms with Gasteiger partial charge in [0.05, 0.1) is 12.8 Å². The molecule has 13 heteroatoms. The molecule has 0 aliphatic carbocycles. The van der Waals surface area contributed by atoms with Crippen LogP contribution in [0.4, 0.5) is 19.0 Å². The van der Waals surface area contributed by atoms with E-state index >= 15 is 0 Å². The third-order valence-corrected chi connectivity index (χ3v) is 7.33. The van der Waals surface area contributed by atoms with Gasteiger partial charge >= 0.3 is 6.18 Å². The van der Waals surface area contributed by atoms with Crippen molar-refractivity contribution >= 4 is 17.6 Å². The lowest BCUT2D eigenvalue weighted by atomic mass is 10.0. The Bertz CT molecular complexity index is 1830. The summed E-state index contributed by atoms with van der Waals surface area (Å²) in [6.07, 6.45) is -1.34. The summed E-state index contributed by atoms with van der Waals surface area (Å²) in [6.45, 7) is 1.54. The molecule has 1 fully saturated rings. The maximum absolute atomic E-state index is 13.9. The van der Waals surface area contributed by atoms with Gasteiger partial charge < -0.3 is 15.0 Å². The van der Waals surface area contributed by atoms with Crippen LogP contribution >= 0.6 is 0 Å². The number of rotatable bonds is 7. The van der Waals surface area contributed by atoms with E-state index in [1.165, 1.54) is 31.5 Å². The number of halogens is 3. The van der Waals surface area contributed by atoms with Gasteiger partial charge in [0, 0.05) is 42.0 Å². The van der Waals surface area contributed by atoms with Crippen molar-refractivity contribution in [3.8, 4) is 34.1 Å². The number of amides is 2. The number of aromatic nitrogens is 5. The van der Waals surface area contributed by atoms with Crippen molar-refractivity contribution in [2.75, 3.05) is 25.5 Å². The Morgan fingerprint density at radius 3 is 2.24 bits per heavy atom. The van der Waals surface area contributed by atoms with E-state index in [1.54, 1.807) is 36.4 Å². The molecule has 0 atom stereocenters. The highest BCUT2D eigenvalue weighted by Gasteiger charge is 2.37. The summed E-state index contributed by atoms with van der Waals surface area (Å²) in [6, 6.07) is 20.7. The lowest BCUT2D eigenvalue weighted by Gasteiger charge is -2.15. The zero-order valence-corrected chi connectivity index (χ0v) is 24.0. The summed E-state index contributed by atoms with van der Waals surface area (Å²) >= 11 is 0. The maximum Gasteiger partial charge on any atom is 0.433 e. The second-order valence-electron chi connectivity index (χ2n) is 10.3. The van der Waals surface area contributed by atoms with Gasteiger partial charge in [-0.25, -0.2) is 9.67 Å². The highest BCUT2D eigenvalue weighted by molar-refractivity contribution is 6.04. The van der Waals surface area contributed by atoms with E-state index in [1.807, 2.05) is 23.1 Å². The fourth-order valence-corrected chi connectivity index (χ4v) is 4.99. The minimum absolute atomic E-state index is 0.0106. The second kappa shape index (κ2) is 12.2. The normalized spacial score (nSPS) is 13.1. The number of anilines is 1. The van der Waals surface area contributed by atoms with Crippen molar-refractivity contribution in [3.05, 3.63) is 102 Å². The Balaban J connectivity index is 1.17. The van der Waals surface area contributed by atoms with Crippen LogP contribution < -0.4 is 10.1 Å². The van der Waals surface area contributed by atoms with Gasteiger partial charge in [-0.2, -0.15) is 18.3 Å². The van der Waals surface area contributed by atoms with Crippen LogP contribution in [0, 0.1) is 0 Å². The first kappa shape index (κ1) is 29.5. The molecule has 1 saturated heterocycles. The predicted octanol–water partition coefficient (Wildman–Crippen LogP) is 5.91. The molecule has 0 saturated carbocycles. The maximum atomic E-state index is 13.9. The second-order valence-corrected chi connectivity index (χ2v) is 10.3. The Morgan fingerprint density at radius 1 is 0.844 bits per heavy atom. The summed E-state index contributed by atoms with van der Waals surface area (Å²) < 4.78 is 47.3. The number of benzene rings is 2. The molecular weight excluding hydrogens is 587 g/mol. The summed E-state index contributed by atoms with van der Waals surface area (Å²) in [7, 11) is 1.43. The molecule has 6 rings (SSSR count). The standard InChI is InChI=1S/C32H26F3N7O3/c1-45-29-14-11-24(19-36-29)25-18-26(32(33,34)35)42(40-25)28-13-12-27(38-39-28)37-30(43)23-6-4-5-22(17-23)20-7-9-21(10-8-20)31(44)41-15-2-3-16-41/h4-14,17-19H,2-3,15-16H2,1H3,(H,37,38,43). The molecule has 5 aromatic rings. The molecule has 3 aromatic heterocycles. The molecule has 2 aromatic carbocycles. The van der Waals surface area contributed by atoms with E-state index in [4.69, 9.17) is 4.74 Å². The number of ether oxygens (including phenoxy) is 1. The summed E-state index contributed by atoms with van der Waals surface area (Å²) in [5, 5.41) is 14.5. The molecule has 1 N–H and O–H groups in total. The monoisotopic (exact) mass is 613 g/mol. The van der Waals surface area contributed by atoms with E-state index in [2.05, 4.69) is 25.6 Å². The lowest BCUT2D eigenvalue weighted by molar-refractivity contribution is -0.142. The van der Waals surface area contributed by atoms with Crippen LogP contribution in [0.2, 0.25) is 0 Å². The van der Waals surface area contributed by atoms with Gasteiger partial charge in [-0.05, 0) is 72.5 Å². The smallest absolute Gasteiger partial charge is 0.433 e. The Kier molecular flexibility index (Phi) is 7.98. The van der Waals surface area contributed by atoms with Gasteiger partial charge in [-0.15, -0.1) is 10.2 Å². The quantitative estimate of drug-likeness (QED) is 0.243. The third-order valence-electron chi connectivity index (χ3n) is 7.33. The fraction of sp³-hybridized carbons (Fsp3) is 0.188. The first-order chi connectivity index (χ1) is 21.7. The van der Waals surface area contributed by atoms with Gasteiger partial charge in [0.1, 0.15) is 0 Å². The van der Waals surface area contributed by atoms with Crippen molar-refractivity contribution < 1.29 is 27.5 Å². The molecule has 1 aliphatic heterocycles. The average molecular weight is 614 g/mol. The van der Waals surface area contributed by atoms with E-state index in [9.17, 15) is 22.8 Å². The van der Waals surface area contributed by atoms with Crippen LogP contribution in [0.1, 0.15) is 39.3 Å². The van der Waals surface area contributed by atoms with Crippen molar-refractivity contribution in [1.29, 1.82) is 0 Å². The molecule has 0 radical (unpaired) electrons. The van der Waals surface area contributed by atoms with Crippen LogP contribution in [0.3, 0.4) is 0 Å². The number of nitrogens with zero attached hydrogens (tertiary/aromatic N) is 6. The van der Waals surface area contributed by atoms with E-state index in [-0.39, 0.29) is 23.2 Å². The van der Waals surface area contributed by atoms with Gasteiger partial charge in [-0.3, -0.25) is 9.59 Å². The summed E-state index contributed by atoms with van der Waals surface area (Å²) in [4.78, 5) is 31.5. The van der Waals surface area contributed by atoms with Crippen LogP contribution in [-0.4, -0.2) is 61.9 Å². The first-order valence-electron chi connectivity index (χ1n) is 14.0. The van der Waals surface area contributed by atoms with Crippen LogP contribution in [0.15, 0.2) is 85.1 Å². The highest BCUT2D eigenvalue weighted by atomic mass is 19.4. The lowest BCUT2D eigenvalue weighted by Crippen LogP contribution is -2.27. The van der Waals surface area contributed by atoms with E-state index in [0.29, 0.717) is 27.3 Å². The van der Waals surface area contributed by atoms with Gasteiger partial charge in [0.15, 0.2) is 17.3 Å². The number of nitrogens with one attached hydrogen (secondary N) is 1. The number of alkyl halides is 3. The number of carbonyl (C=O) groups is 2. The van der Waals surface area contributed by atoms with Gasteiger partial charge in [-0.1, -0.05) is 24.3 Å². The van der Waals surface area contributed by atoms with Gasteiger partial charge in [0.2, 0.25) is 5.88 Å². The predicted molar refractivity (Wildman–Crippen MR) is 159 cm³/mol. The Hall–Kier alpha value is -5.59. The van der Waals surface area contributed by atoms with Gasteiger partial charge in [0.25, 0.3) is 11.8 Å². The summed E-state index contributed by atoms with van der Waals surface area (Å²) in [5.74, 6) is -0.314. The van der Waals surface area contributed by atoms with E-state index in [0.717, 1.165) is 43.1 Å². The van der Waals surface area contributed by atoms with Crippen LogP contribution in [-0.2, 0) is 6.18 Å². The number of likely N-dealkylation sites (tertiary alicyclic amines) is 1. The number of methoxy groups -OCH3 is 1. The number of pyridine rings is 1. The Labute approximate surface area is 255 Å². The molecular formula is C32H26F3N7O3. The average Bonchev–Trinajstić information content (AvgIpc) is 3.77. The molecule has 0 unspecified atom stereocenters. The molecule has 4 heterocycles. The highest BCUT2D eigenvalue weighted by Crippen LogP contribution is 2.34. The zero-order valence-electron chi connectivity index (χ0n) is 24.0.